The van der Waals surface area contributed by atoms with Gasteiger partial charge in [-0.3, -0.25) is 4.79 Å². The van der Waals surface area contributed by atoms with Crippen LogP contribution < -0.4 is 10.1 Å². The van der Waals surface area contributed by atoms with Crippen LogP contribution in [0.15, 0.2) is 48.5 Å². The number of carbonyl (C=O) groups excluding carboxylic acids is 1. The minimum Gasteiger partial charge on any atom is -0.496 e. The van der Waals surface area contributed by atoms with Crippen LogP contribution in [-0.2, 0) is 6.42 Å². The van der Waals surface area contributed by atoms with E-state index in [0.29, 0.717) is 23.7 Å². The second kappa shape index (κ2) is 6.75. The number of H-pyrrole nitrogens is 1. The average molecular weight is 329 g/mol. The van der Waals surface area contributed by atoms with Crippen LogP contribution in [0, 0.1) is 0 Å². The Morgan fingerprint density at radius 1 is 1.22 bits per heavy atom. The zero-order chi connectivity index (χ0) is 16.2. The Morgan fingerprint density at radius 3 is 2.87 bits per heavy atom. The molecule has 0 aliphatic carbocycles. The van der Waals surface area contributed by atoms with Crippen molar-refractivity contribution < 1.29 is 9.53 Å². The van der Waals surface area contributed by atoms with Crippen LogP contribution in [0.25, 0.3) is 10.9 Å². The van der Waals surface area contributed by atoms with E-state index in [1.807, 2.05) is 42.5 Å². The molecule has 0 spiro atoms. The zero-order valence-electron chi connectivity index (χ0n) is 12.7. The molecule has 1 amide bonds. The van der Waals surface area contributed by atoms with Crippen LogP contribution in [-0.4, -0.2) is 24.5 Å². The lowest BCUT2D eigenvalue weighted by atomic mass is 10.1. The summed E-state index contributed by atoms with van der Waals surface area (Å²) in [5.74, 6) is 0.703. The standard InChI is InChI=1S/C18H17ClN2O2/c1-23-17-5-3-2-4-12(17)8-9-20-18(22)16-10-13-6-7-14(19)11-15(13)21-16/h2-7,10-11,21H,8-9H2,1H3,(H,20,22). The third-order valence-corrected chi connectivity index (χ3v) is 3.94. The van der Waals surface area contributed by atoms with E-state index in [9.17, 15) is 4.79 Å². The van der Waals surface area contributed by atoms with Crippen LogP contribution in [0.1, 0.15) is 16.1 Å². The summed E-state index contributed by atoms with van der Waals surface area (Å²) in [6.07, 6.45) is 0.710. The van der Waals surface area contributed by atoms with Crippen molar-refractivity contribution in [3.05, 3.63) is 64.8 Å². The van der Waals surface area contributed by atoms with Crippen LogP contribution in [0.2, 0.25) is 5.02 Å². The lowest BCUT2D eigenvalue weighted by molar-refractivity contribution is 0.0950. The van der Waals surface area contributed by atoms with Gasteiger partial charge >= 0.3 is 0 Å². The number of carbonyl (C=O) groups is 1. The van der Waals surface area contributed by atoms with Crippen molar-refractivity contribution in [1.29, 1.82) is 0 Å². The van der Waals surface area contributed by atoms with Gasteiger partial charge in [-0.15, -0.1) is 0 Å². The summed E-state index contributed by atoms with van der Waals surface area (Å²) in [7, 11) is 1.65. The number of methoxy groups -OCH3 is 1. The molecule has 0 saturated carbocycles. The molecule has 23 heavy (non-hydrogen) atoms. The highest BCUT2D eigenvalue weighted by Crippen LogP contribution is 2.20. The predicted octanol–water partition coefficient (Wildman–Crippen LogP) is 3.80. The first-order valence-corrected chi connectivity index (χ1v) is 7.73. The summed E-state index contributed by atoms with van der Waals surface area (Å²) >= 11 is 5.96. The quantitative estimate of drug-likeness (QED) is 0.748. The molecule has 1 heterocycles. The fourth-order valence-electron chi connectivity index (χ4n) is 2.54. The van der Waals surface area contributed by atoms with Gasteiger partial charge in [0.15, 0.2) is 0 Å². The molecule has 2 aromatic carbocycles. The average Bonchev–Trinajstić information content (AvgIpc) is 2.98. The van der Waals surface area contributed by atoms with Crippen LogP contribution in [0.3, 0.4) is 0 Å². The van der Waals surface area contributed by atoms with Crippen molar-refractivity contribution in [3.8, 4) is 5.75 Å². The van der Waals surface area contributed by atoms with E-state index in [4.69, 9.17) is 16.3 Å². The highest BCUT2D eigenvalue weighted by atomic mass is 35.5. The number of para-hydroxylation sites is 1. The van der Waals surface area contributed by atoms with Crippen molar-refractivity contribution in [2.75, 3.05) is 13.7 Å². The lowest BCUT2D eigenvalue weighted by Crippen LogP contribution is -2.26. The van der Waals surface area contributed by atoms with E-state index >= 15 is 0 Å². The van der Waals surface area contributed by atoms with Crippen molar-refractivity contribution in [2.24, 2.45) is 0 Å². The van der Waals surface area contributed by atoms with Gasteiger partial charge in [-0.1, -0.05) is 35.9 Å². The fraction of sp³-hybridized carbons (Fsp3) is 0.167. The monoisotopic (exact) mass is 328 g/mol. The summed E-state index contributed by atoms with van der Waals surface area (Å²) < 4.78 is 5.31. The first-order valence-electron chi connectivity index (χ1n) is 7.36. The van der Waals surface area contributed by atoms with Gasteiger partial charge in [0.05, 0.1) is 7.11 Å². The van der Waals surface area contributed by atoms with Gasteiger partial charge in [-0.05, 0) is 36.2 Å². The molecule has 4 nitrogen and oxygen atoms in total. The zero-order valence-corrected chi connectivity index (χ0v) is 13.5. The first kappa shape index (κ1) is 15.4. The molecule has 0 aliphatic rings. The minimum absolute atomic E-state index is 0.132. The van der Waals surface area contributed by atoms with Crippen molar-refractivity contribution in [2.45, 2.75) is 6.42 Å². The number of nitrogens with one attached hydrogen (secondary N) is 2. The summed E-state index contributed by atoms with van der Waals surface area (Å²) in [4.78, 5) is 15.3. The molecule has 0 fully saturated rings. The fourth-order valence-corrected chi connectivity index (χ4v) is 2.71. The van der Waals surface area contributed by atoms with E-state index in [2.05, 4.69) is 10.3 Å². The van der Waals surface area contributed by atoms with E-state index in [1.165, 1.54) is 0 Å². The van der Waals surface area contributed by atoms with Crippen molar-refractivity contribution in [1.82, 2.24) is 10.3 Å². The van der Waals surface area contributed by atoms with Crippen LogP contribution in [0.5, 0.6) is 5.75 Å². The number of ether oxygens (including phenoxy) is 1. The highest BCUT2D eigenvalue weighted by molar-refractivity contribution is 6.31. The third-order valence-electron chi connectivity index (χ3n) is 3.70. The number of aromatic nitrogens is 1. The second-order valence-electron chi connectivity index (χ2n) is 5.23. The molecule has 0 radical (unpaired) electrons. The maximum atomic E-state index is 12.2. The molecule has 3 aromatic rings. The molecule has 2 N–H and O–H groups in total. The summed E-state index contributed by atoms with van der Waals surface area (Å²) in [5, 5.41) is 4.52. The number of benzene rings is 2. The molecule has 3 rings (SSSR count). The van der Waals surface area contributed by atoms with E-state index in [-0.39, 0.29) is 5.91 Å². The van der Waals surface area contributed by atoms with Crippen molar-refractivity contribution in [3.63, 3.8) is 0 Å². The highest BCUT2D eigenvalue weighted by Gasteiger charge is 2.10. The molecule has 5 heteroatoms. The topological polar surface area (TPSA) is 54.1 Å². The molecule has 0 unspecified atom stereocenters. The smallest absolute Gasteiger partial charge is 0.267 e. The molecule has 1 aromatic heterocycles. The Labute approximate surface area is 139 Å². The molecular weight excluding hydrogens is 312 g/mol. The normalized spacial score (nSPS) is 10.7. The number of hydrogen-bond donors (Lipinski definition) is 2. The number of aromatic amines is 1. The Hall–Kier alpha value is -2.46. The minimum atomic E-state index is -0.132. The van der Waals surface area contributed by atoms with Gasteiger partial charge < -0.3 is 15.0 Å². The van der Waals surface area contributed by atoms with Gasteiger partial charge in [0, 0.05) is 22.5 Å². The first-order chi connectivity index (χ1) is 11.2. The van der Waals surface area contributed by atoms with Gasteiger partial charge in [-0.2, -0.15) is 0 Å². The van der Waals surface area contributed by atoms with E-state index < -0.39 is 0 Å². The van der Waals surface area contributed by atoms with Crippen molar-refractivity contribution >= 4 is 28.4 Å². The van der Waals surface area contributed by atoms with E-state index in [0.717, 1.165) is 22.2 Å². The molecular formula is C18H17ClN2O2. The maximum absolute atomic E-state index is 12.2. The maximum Gasteiger partial charge on any atom is 0.267 e. The Morgan fingerprint density at radius 2 is 2.04 bits per heavy atom. The molecule has 0 bridgehead atoms. The summed E-state index contributed by atoms with van der Waals surface area (Å²) in [5.41, 5.74) is 2.45. The Kier molecular flexibility index (Phi) is 4.53. The number of amides is 1. The lowest BCUT2D eigenvalue weighted by Gasteiger charge is -2.08. The summed E-state index contributed by atoms with van der Waals surface area (Å²) in [6, 6.07) is 15.1. The number of rotatable bonds is 5. The largest absolute Gasteiger partial charge is 0.496 e. The van der Waals surface area contributed by atoms with Gasteiger partial charge in [0.25, 0.3) is 5.91 Å². The third kappa shape index (κ3) is 3.48. The van der Waals surface area contributed by atoms with E-state index in [1.54, 1.807) is 13.2 Å². The Bertz CT molecular complexity index is 842. The van der Waals surface area contributed by atoms with Gasteiger partial charge in [0.1, 0.15) is 11.4 Å². The van der Waals surface area contributed by atoms with Crippen LogP contribution >= 0.6 is 11.6 Å². The predicted molar refractivity (Wildman–Crippen MR) is 92.3 cm³/mol. The van der Waals surface area contributed by atoms with Crippen LogP contribution in [0.4, 0.5) is 0 Å². The number of hydrogen-bond acceptors (Lipinski definition) is 2. The molecule has 118 valence electrons. The number of halogens is 1. The number of fused-ring (bicyclic) bond motifs is 1. The molecule has 0 atom stereocenters. The van der Waals surface area contributed by atoms with Gasteiger partial charge in [0.2, 0.25) is 0 Å². The second-order valence-corrected chi connectivity index (χ2v) is 5.67. The molecule has 0 saturated heterocycles. The molecule has 0 aliphatic heterocycles. The summed E-state index contributed by atoms with van der Waals surface area (Å²) in [6.45, 7) is 0.537. The SMILES string of the molecule is COc1ccccc1CCNC(=O)c1cc2ccc(Cl)cc2[nH]1. The Balaban J connectivity index is 1.64. The van der Waals surface area contributed by atoms with Gasteiger partial charge in [-0.25, -0.2) is 0 Å².